The second-order valence-electron chi connectivity index (χ2n) is 8.19. The van der Waals surface area contributed by atoms with Gasteiger partial charge in [0.1, 0.15) is 5.75 Å². The van der Waals surface area contributed by atoms with Crippen molar-refractivity contribution in [1.82, 2.24) is 20.1 Å². The molecule has 2 amide bonds. The summed E-state index contributed by atoms with van der Waals surface area (Å²) >= 11 is 1.28. The van der Waals surface area contributed by atoms with E-state index in [-0.39, 0.29) is 24.1 Å². The Morgan fingerprint density at radius 3 is 2.39 bits per heavy atom. The van der Waals surface area contributed by atoms with E-state index in [0.717, 1.165) is 22.5 Å². The van der Waals surface area contributed by atoms with Gasteiger partial charge >= 0.3 is 0 Å². The van der Waals surface area contributed by atoms with Crippen molar-refractivity contribution in [3.05, 3.63) is 95.3 Å². The molecule has 0 unspecified atom stereocenters. The van der Waals surface area contributed by atoms with Crippen molar-refractivity contribution in [3.8, 4) is 11.4 Å². The van der Waals surface area contributed by atoms with Crippen molar-refractivity contribution >= 4 is 29.3 Å². The minimum atomic E-state index is -0.233. The topological polar surface area (TPSA) is 98.1 Å². The van der Waals surface area contributed by atoms with Crippen LogP contribution in [0, 0.1) is 13.8 Å². The first-order chi connectivity index (χ1) is 17.4. The van der Waals surface area contributed by atoms with Crippen LogP contribution in [0.1, 0.15) is 27.3 Å². The number of carbonyl (C=O) groups excluding carboxylic acids is 2. The van der Waals surface area contributed by atoms with Crippen LogP contribution in [-0.2, 0) is 11.3 Å². The van der Waals surface area contributed by atoms with E-state index in [2.05, 4.69) is 20.8 Å². The molecule has 0 fully saturated rings. The number of hydrogen-bond donors (Lipinski definition) is 2. The molecule has 0 atom stereocenters. The highest BCUT2D eigenvalue weighted by Gasteiger charge is 2.17. The molecule has 9 heteroatoms. The summed E-state index contributed by atoms with van der Waals surface area (Å²) in [5.74, 6) is 1.03. The van der Waals surface area contributed by atoms with E-state index in [0.29, 0.717) is 22.3 Å². The molecule has 1 heterocycles. The number of nitrogens with zero attached hydrogens (tertiary/aromatic N) is 3. The highest BCUT2D eigenvalue weighted by atomic mass is 32.2. The third-order valence-electron chi connectivity index (χ3n) is 5.39. The predicted octanol–water partition coefficient (Wildman–Crippen LogP) is 4.55. The summed E-state index contributed by atoms with van der Waals surface area (Å²) in [5.41, 5.74) is 4.31. The van der Waals surface area contributed by atoms with Gasteiger partial charge in [0.25, 0.3) is 5.91 Å². The molecule has 3 aromatic carbocycles. The molecule has 0 radical (unpaired) electrons. The number of nitrogens with one attached hydrogen (secondary N) is 2. The number of carbonyl (C=O) groups is 2. The summed E-state index contributed by atoms with van der Waals surface area (Å²) in [5, 5.41) is 15.0. The first-order valence-electron chi connectivity index (χ1n) is 11.4. The summed E-state index contributed by atoms with van der Waals surface area (Å²) in [6.07, 6.45) is 0. The zero-order chi connectivity index (χ0) is 25.5. The fraction of sp³-hybridized carbons (Fsp3) is 0.185. The van der Waals surface area contributed by atoms with Crippen molar-refractivity contribution in [1.29, 1.82) is 0 Å². The third kappa shape index (κ3) is 6.31. The number of amides is 2. The number of aromatic nitrogens is 3. The number of aryl methyl sites for hydroxylation is 2. The molecule has 184 valence electrons. The Morgan fingerprint density at radius 2 is 1.69 bits per heavy atom. The lowest BCUT2D eigenvalue weighted by atomic mass is 10.2. The molecule has 0 aliphatic rings. The van der Waals surface area contributed by atoms with E-state index in [1.165, 1.54) is 11.8 Å². The quantitative estimate of drug-likeness (QED) is 0.327. The van der Waals surface area contributed by atoms with E-state index in [1.54, 1.807) is 31.4 Å². The van der Waals surface area contributed by atoms with Crippen LogP contribution in [-0.4, -0.2) is 39.4 Å². The summed E-state index contributed by atoms with van der Waals surface area (Å²) in [4.78, 5) is 25.2. The Labute approximate surface area is 214 Å². The normalized spacial score (nSPS) is 10.6. The number of thioether (sulfide) groups is 1. The Morgan fingerprint density at radius 1 is 0.944 bits per heavy atom. The number of rotatable bonds is 9. The van der Waals surface area contributed by atoms with Gasteiger partial charge in [-0.3, -0.25) is 14.2 Å². The lowest BCUT2D eigenvalue weighted by Crippen LogP contribution is -2.24. The Hall–Kier alpha value is -4.11. The summed E-state index contributed by atoms with van der Waals surface area (Å²) in [6.45, 7) is 4.17. The van der Waals surface area contributed by atoms with Gasteiger partial charge in [-0.25, -0.2) is 0 Å². The fourth-order valence-electron chi connectivity index (χ4n) is 3.50. The van der Waals surface area contributed by atoms with Gasteiger partial charge in [0.15, 0.2) is 11.0 Å². The lowest BCUT2D eigenvalue weighted by Gasteiger charge is -2.12. The number of methoxy groups -OCH3 is 1. The minimum Gasteiger partial charge on any atom is -0.497 e. The number of anilines is 1. The Balaban J connectivity index is 1.49. The van der Waals surface area contributed by atoms with Crippen LogP contribution >= 0.6 is 11.8 Å². The molecule has 4 aromatic rings. The maximum atomic E-state index is 12.7. The SMILES string of the molecule is COc1ccc(C(=O)NCc2nnc(SCC(=O)Nc3ccc(C)cc3)n2-c2cccc(C)c2)cc1. The lowest BCUT2D eigenvalue weighted by molar-refractivity contribution is -0.113. The summed E-state index contributed by atoms with van der Waals surface area (Å²) < 4.78 is 7.02. The summed E-state index contributed by atoms with van der Waals surface area (Å²) in [7, 11) is 1.58. The van der Waals surface area contributed by atoms with Crippen LogP contribution in [0.15, 0.2) is 78.0 Å². The number of hydrogen-bond acceptors (Lipinski definition) is 6. The van der Waals surface area contributed by atoms with Crippen molar-refractivity contribution in [2.75, 3.05) is 18.2 Å². The van der Waals surface area contributed by atoms with Crippen LogP contribution in [0.5, 0.6) is 5.75 Å². The molecule has 2 N–H and O–H groups in total. The highest BCUT2D eigenvalue weighted by molar-refractivity contribution is 7.99. The Kier molecular flexibility index (Phi) is 8.02. The molecule has 0 spiro atoms. The van der Waals surface area contributed by atoms with E-state index in [9.17, 15) is 9.59 Å². The van der Waals surface area contributed by atoms with Crippen molar-refractivity contribution in [2.24, 2.45) is 0 Å². The van der Waals surface area contributed by atoms with Crippen LogP contribution < -0.4 is 15.4 Å². The molecular weight excluding hydrogens is 474 g/mol. The van der Waals surface area contributed by atoms with Gasteiger partial charge < -0.3 is 15.4 Å². The zero-order valence-electron chi connectivity index (χ0n) is 20.3. The van der Waals surface area contributed by atoms with Crippen LogP contribution in [0.25, 0.3) is 5.69 Å². The average molecular weight is 502 g/mol. The largest absolute Gasteiger partial charge is 0.497 e. The monoisotopic (exact) mass is 501 g/mol. The van der Waals surface area contributed by atoms with E-state index in [4.69, 9.17) is 4.74 Å². The molecule has 0 saturated heterocycles. The first-order valence-corrected chi connectivity index (χ1v) is 12.3. The first kappa shape index (κ1) is 25.0. The third-order valence-corrected chi connectivity index (χ3v) is 6.32. The molecule has 36 heavy (non-hydrogen) atoms. The maximum Gasteiger partial charge on any atom is 0.251 e. The second kappa shape index (κ2) is 11.5. The molecule has 1 aromatic heterocycles. The second-order valence-corrected chi connectivity index (χ2v) is 9.13. The fourth-order valence-corrected chi connectivity index (χ4v) is 4.27. The standard InChI is InChI=1S/C27H27N5O3S/c1-18-7-11-21(12-8-18)29-25(33)17-36-27-31-30-24(32(27)22-6-4-5-19(2)15-22)16-28-26(34)20-9-13-23(35-3)14-10-20/h4-15H,16-17H2,1-3H3,(H,28,34)(H,29,33). The van der Waals surface area contributed by atoms with Gasteiger partial charge in [0, 0.05) is 16.9 Å². The van der Waals surface area contributed by atoms with Gasteiger partial charge in [0.2, 0.25) is 5.91 Å². The Bertz CT molecular complexity index is 1350. The van der Waals surface area contributed by atoms with Crippen LogP contribution in [0.3, 0.4) is 0 Å². The predicted molar refractivity (Wildman–Crippen MR) is 141 cm³/mol. The molecule has 0 bridgehead atoms. The summed E-state index contributed by atoms with van der Waals surface area (Å²) in [6, 6.07) is 22.4. The molecule has 0 aliphatic heterocycles. The number of ether oxygens (including phenoxy) is 1. The van der Waals surface area contributed by atoms with E-state index < -0.39 is 0 Å². The molecule has 0 aliphatic carbocycles. The van der Waals surface area contributed by atoms with Gasteiger partial charge in [-0.15, -0.1) is 10.2 Å². The van der Waals surface area contributed by atoms with E-state index in [1.807, 2.05) is 66.9 Å². The maximum absolute atomic E-state index is 12.7. The number of benzene rings is 3. The van der Waals surface area contributed by atoms with Gasteiger partial charge in [-0.1, -0.05) is 41.6 Å². The minimum absolute atomic E-state index is 0.142. The van der Waals surface area contributed by atoms with Crippen LogP contribution in [0.4, 0.5) is 5.69 Å². The van der Waals surface area contributed by atoms with Crippen molar-refractivity contribution in [2.45, 2.75) is 25.5 Å². The van der Waals surface area contributed by atoms with Crippen molar-refractivity contribution < 1.29 is 14.3 Å². The van der Waals surface area contributed by atoms with E-state index >= 15 is 0 Å². The molecule has 4 rings (SSSR count). The van der Waals surface area contributed by atoms with Crippen molar-refractivity contribution in [3.63, 3.8) is 0 Å². The van der Waals surface area contributed by atoms with Crippen LogP contribution in [0.2, 0.25) is 0 Å². The van der Waals surface area contributed by atoms with Gasteiger partial charge in [-0.2, -0.15) is 0 Å². The molecular formula is C27H27N5O3S. The average Bonchev–Trinajstić information content (AvgIpc) is 3.30. The smallest absolute Gasteiger partial charge is 0.251 e. The zero-order valence-corrected chi connectivity index (χ0v) is 21.1. The highest BCUT2D eigenvalue weighted by Crippen LogP contribution is 2.23. The van der Waals surface area contributed by atoms with Gasteiger partial charge in [-0.05, 0) is 67.9 Å². The van der Waals surface area contributed by atoms with Gasteiger partial charge in [0.05, 0.1) is 19.4 Å². The molecule has 8 nitrogen and oxygen atoms in total. The molecule has 0 saturated carbocycles.